The van der Waals surface area contributed by atoms with Crippen LogP contribution in [0, 0.1) is 5.82 Å². The van der Waals surface area contributed by atoms with Gasteiger partial charge in [-0.05, 0) is 47.4 Å². The fraction of sp³-hybridized carbons (Fsp3) is 0.320. The Kier molecular flexibility index (Phi) is 10.1. The molecule has 0 radical (unpaired) electrons. The second-order valence-electron chi connectivity index (χ2n) is 8.30. The number of aliphatic hydroxyl groups is 1. The number of amides is 1. The number of ether oxygens (including phenoxy) is 1. The van der Waals surface area contributed by atoms with Crippen molar-refractivity contribution >= 4 is 29.4 Å². The van der Waals surface area contributed by atoms with Crippen molar-refractivity contribution in [3.63, 3.8) is 0 Å². The Bertz CT molecular complexity index is 1270. The van der Waals surface area contributed by atoms with Gasteiger partial charge in [0.2, 0.25) is 0 Å². The molecule has 11 nitrogen and oxygen atoms in total. The zero-order valence-electron chi connectivity index (χ0n) is 20.3. The number of hydrogen-bond acceptors (Lipinski definition) is 8. The zero-order chi connectivity index (χ0) is 27.7. The summed E-state index contributed by atoms with van der Waals surface area (Å²) < 4.78 is 19.0. The van der Waals surface area contributed by atoms with Gasteiger partial charge in [0.25, 0.3) is 12.7 Å². The lowest BCUT2D eigenvalue weighted by Gasteiger charge is -2.20. The molecule has 38 heavy (non-hydrogen) atoms. The summed E-state index contributed by atoms with van der Waals surface area (Å²) >= 11 is 5.97. The molecule has 3 N–H and O–H groups in total. The highest BCUT2D eigenvalue weighted by atomic mass is 35.5. The molecule has 1 heterocycles. The lowest BCUT2D eigenvalue weighted by molar-refractivity contribution is -0.158. The molecule has 0 spiro atoms. The van der Waals surface area contributed by atoms with Crippen molar-refractivity contribution in [3.05, 3.63) is 70.8 Å². The van der Waals surface area contributed by atoms with Gasteiger partial charge in [-0.25, -0.2) is 9.18 Å². The molecule has 0 saturated heterocycles. The van der Waals surface area contributed by atoms with Gasteiger partial charge in [0.05, 0.1) is 0 Å². The third kappa shape index (κ3) is 8.25. The standard InChI is InChI=1S/C25H26ClFN4O7/c1-2-3-23(33)37-14-38-31-13-21(29-30-31)24(34)28-18(12-22(32)25(35)36)10-15-4-6-16(7-5-15)19-11-17(26)8-9-20(19)27/h4-9,11,13,18,22,32H,2-3,10,12,14H2,1H3,(H,28,34)(H,35,36)/t18-,22-/m1/s1. The molecule has 1 amide bonds. The first kappa shape index (κ1) is 28.5. The Morgan fingerprint density at radius 3 is 2.61 bits per heavy atom. The number of hydrogen-bond donors (Lipinski definition) is 3. The summed E-state index contributed by atoms with van der Waals surface area (Å²) in [6.45, 7) is 1.40. The van der Waals surface area contributed by atoms with Gasteiger partial charge in [-0.1, -0.05) is 47.6 Å². The molecule has 0 aliphatic rings. The number of halogens is 2. The number of aliphatic carboxylic acids is 1. The molecule has 0 aliphatic carbocycles. The van der Waals surface area contributed by atoms with E-state index in [1.54, 1.807) is 24.3 Å². The van der Waals surface area contributed by atoms with Gasteiger partial charge in [-0.3, -0.25) is 9.59 Å². The van der Waals surface area contributed by atoms with Gasteiger partial charge in [-0.15, -0.1) is 5.10 Å². The molecule has 2 atom stereocenters. The molecule has 1 aromatic heterocycles. The van der Waals surface area contributed by atoms with Crippen molar-refractivity contribution in [2.24, 2.45) is 0 Å². The monoisotopic (exact) mass is 548 g/mol. The average molecular weight is 549 g/mol. The van der Waals surface area contributed by atoms with Crippen molar-refractivity contribution in [1.29, 1.82) is 0 Å². The van der Waals surface area contributed by atoms with Gasteiger partial charge in [-0.2, -0.15) is 0 Å². The van der Waals surface area contributed by atoms with E-state index in [1.165, 1.54) is 18.2 Å². The maximum atomic E-state index is 14.2. The highest BCUT2D eigenvalue weighted by Crippen LogP contribution is 2.26. The van der Waals surface area contributed by atoms with E-state index in [4.69, 9.17) is 26.3 Å². The number of carbonyl (C=O) groups is 3. The Hall–Kier alpha value is -4.03. The molecule has 0 fully saturated rings. The molecule has 0 aliphatic heterocycles. The quantitative estimate of drug-likeness (QED) is 0.216. The maximum Gasteiger partial charge on any atom is 0.332 e. The molecule has 3 aromatic rings. The fourth-order valence-electron chi connectivity index (χ4n) is 3.48. The summed E-state index contributed by atoms with van der Waals surface area (Å²) in [5.41, 5.74) is 1.45. The number of nitrogens with zero attached hydrogens (tertiary/aromatic N) is 3. The van der Waals surface area contributed by atoms with Crippen LogP contribution in [0.25, 0.3) is 11.1 Å². The molecule has 13 heteroatoms. The molecule has 0 saturated carbocycles. The summed E-state index contributed by atoms with van der Waals surface area (Å²) in [5, 5.41) is 29.4. The van der Waals surface area contributed by atoms with Crippen molar-refractivity contribution in [2.75, 3.05) is 6.79 Å². The van der Waals surface area contributed by atoms with E-state index in [0.29, 0.717) is 28.1 Å². The summed E-state index contributed by atoms with van der Waals surface area (Å²) in [5.74, 6) is -3.01. The summed E-state index contributed by atoms with van der Waals surface area (Å²) in [4.78, 5) is 41.3. The Morgan fingerprint density at radius 1 is 1.18 bits per heavy atom. The normalized spacial score (nSPS) is 12.4. The molecular weight excluding hydrogens is 523 g/mol. The molecule has 0 bridgehead atoms. The number of carboxylic acid groups (broad SMARTS) is 1. The van der Waals surface area contributed by atoms with Crippen LogP contribution in [0.2, 0.25) is 5.02 Å². The van der Waals surface area contributed by atoms with Crippen LogP contribution < -0.4 is 10.2 Å². The summed E-state index contributed by atoms with van der Waals surface area (Å²) in [7, 11) is 0. The first-order valence-electron chi connectivity index (χ1n) is 11.6. The number of nitrogens with one attached hydrogen (secondary N) is 1. The zero-order valence-corrected chi connectivity index (χ0v) is 21.1. The van der Waals surface area contributed by atoms with Gasteiger partial charge in [0.1, 0.15) is 12.0 Å². The second kappa shape index (κ2) is 13.5. The number of benzene rings is 2. The van der Waals surface area contributed by atoms with Gasteiger partial charge < -0.3 is 25.1 Å². The average Bonchev–Trinajstić information content (AvgIpc) is 3.35. The smallest absolute Gasteiger partial charge is 0.332 e. The molecule has 0 unspecified atom stereocenters. The van der Waals surface area contributed by atoms with Crippen LogP contribution in [-0.4, -0.2) is 62.2 Å². The molecule has 3 rings (SSSR count). The predicted octanol–water partition coefficient (Wildman–Crippen LogP) is 2.64. The van der Waals surface area contributed by atoms with E-state index < -0.39 is 42.6 Å². The summed E-state index contributed by atoms with van der Waals surface area (Å²) in [6.07, 6.45) is 0.155. The van der Waals surface area contributed by atoms with Crippen molar-refractivity contribution in [2.45, 2.75) is 44.8 Å². The SMILES string of the molecule is CCCC(=O)OCOn1cc(C(=O)N[C@H](Cc2ccc(-c3cc(Cl)ccc3F)cc2)C[C@@H](O)C(=O)O)nn1. The number of aromatic nitrogens is 3. The number of carboxylic acids is 1. The molecule has 2 aromatic carbocycles. The lowest BCUT2D eigenvalue weighted by atomic mass is 9.97. The van der Waals surface area contributed by atoms with Crippen LogP contribution in [0.1, 0.15) is 42.2 Å². The van der Waals surface area contributed by atoms with Gasteiger partial charge >= 0.3 is 11.9 Å². The van der Waals surface area contributed by atoms with E-state index in [-0.39, 0.29) is 25.0 Å². The largest absolute Gasteiger partial charge is 0.479 e. The third-order valence-corrected chi connectivity index (χ3v) is 5.60. The van der Waals surface area contributed by atoms with Crippen molar-refractivity contribution in [1.82, 2.24) is 20.5 Å². The van der Waals surface area contributed by atoms with Crippen LogP contribution in [0.4, 0.5) is 4.39 Å². The van der Waals surface area contributed by atoms with E-state index >= 15 is 0 Å². The number of carbonyl (C=O) groups excluding carboxylic acids is 2. The summed E-state index contributed by atoms with van der Waals surface area (Å²) in [6, 6.07) is 10.2. The predicted molar refractivity (Wildman–Crippen MR) is 133 cm³/mol. The van der Waals surface area contributed by atoms with Crippen LogP contribution >= 0.6 is 11.6 Å². The Morgan fingerprint density at radius 2 is 1.92 bits per heavy atom. The van der Waals surface area contributed by atoms with E-state index in [2.05, 4.69) is 15.6 Å². The van der Waals surface area contributed by atoms with Crippen molar-refractivity contribution in [3.8, 4) is 11.1 Å². The second-order valence-corrected chi connectivity index (χ2v) is 8.74. The lowest BCUT2D eigenvalue weighted by Crippen LogP contribution is -2.40. The van der Waals surface area contributed by atoms with E-state index in [9.17, 15) is 23.9 Å². The molecule has 202 valence electrons. The maximum absolute atomic E-state index is 14.2. The third-order valence-electron chi connectivity index (χ3n) is 5.37. The number of esters is 1. The van der Waals surface area contributed by atoms with Crippen LogP contribution in [0.5, 0.6) is 0 Å². The van der Waals surface area contributed by atoms with Crippen LogP contribution in [-0.2, 0) is 20.7 Å². The number of aliphatic hydroxyl groups excluding tert-OH is 1. The van der Waals surface area contributed by atoms with Crippen LogP contribution in [0.3, 0.4) is 0 Å². The van der Waals surface area contributed by atoms with Crippen molar-refractivity contribution < 1.29 is 38.6 Å². The first-order chi connectivity index (χ1) is 18.2. The Labute approximate surface area is 222 Å². The highest BCUT2D eigenvalue weighted by molar-refractivity contribution is 6.30. The van der Waals surface area contributed by atoms with E-state index in [1.807, 2.05) is 6.92 Å². The molecular formula is C25H26ClFN4O7. The van der Waals surface area contributed by atoms with E-state index in [0.717, 1.165) is 11.0 Å². The minimum absolute atomic E-state index is 0.147. The minimum atomic E-state index is -1.73. The topological polar surface area (TPSA) is 153 Å². The first-order valence-corrected chi connectivity index (χ1v) is 12.0. The van der Waals surface area contributed by atoms with Crippen LogP contribution in [0.15, 0.2) is 48.7 Å². The fourth-order valence-corrected chi connectivity index (χ4v) is 3.66. The van der Waals surface area contributed by atoms with Gasteiger partial charge in [0, 0.05) is 29.5 Å². The Balaban J connectivity index is 1.67. The minimum Gasteiger partial charge on any atom is -0.479 e. The van der Waals surface area contributed by atoms with Gasteiger partial charge in [0.15, 0.2) is 11.8 Å². The highest BCUT2D eigenvalue weighted by Gasteiger charge is 2.24. The number of rotatable bonds is 13.